The lowest BCUT2D eigenvalue weighted by atomic mass is 10.1. The van der Waals surface area contributed by atoms with Crippen LogP contribution in [0.4, 0.5) is 0 Å². The predicted octanol–water partition coefficient (Wildman–Crippen LogP) is 1.85. The zero-order chi connectivity index (χ0) is 13.8. The molecule has 0 saturated carbocycles. The Bertz CT molecular complexity index is 591. The Balaban J connectivity index is 1.99. The largest absolute Gasteiger partial charge is 0.317 e. The Labute approximate surface area is 112 Å². The van der Waals surface area contributed by atoms with Gasteiger partial charge in [-0.05, 0) is 31.5 Å². The highest BCUT2D eigenvalue weighted by atomic mass is 15.3. The normalized spacial score (nSPS) is 12.1. The average molecular weight is 255 g/mol. The fourth-order valence-corrected chi connectivity index (χ4v) is 1.81. The van der Waals surface area contributed by atoms with Crippen LogP contribution in [0.5, 0.6) is 0 Å². The third-order valence-corrected chi connectivity index (χ3v) is 3.29. The molecule has 98 valence electrons. The molecule has 1 aromatic heterocycles. The number of hydrogen-bond acceptors (Lipinski definition) is 4. The molecular weight excluding hydrogens is 238 g/mol. The molecule has 1 N–H and O–H groups in total. The highest BCUT2D eigenvalue weighted by Crippen LogP contribution is 2.13. The van der Waals surface area contributed by atoms with E-state index in [2.05, 4.69) is 28.5 Å². The number of aryl methyl sites for hydroxylation is 1. The van der Waals surface area contributed by atoms with E-state index in [9.17, 15) is 0 Å². The van der Waals surface area contributed by atoms with Crippen molar-refractivity contribution in [2.75, 3.05) is 0 Å². The van der Waals surface area contributed by atoms with Gasteiger partial charge in [0.05, 0.1) is 18.2 Å². The van der Waals surface area contributed by atoms with Crippen molar-refractivity contribution in [3.8, 4) is 6.07 Å². The minimum atomic E-state index is 0.199. The predicted molar refractivity (Wildman–Crippen MR) is 72.2 cm³/mol. The van der Waals surface area contributed by atoms with Gasteiger partial charge in [-0.3, -0.25) is 0 Å². The van der Waals surface area contributed by atoms with Crippen molar-refractivity contribution >= 4 is 0 Å². The summed E-state index contributed by atoms with van der Waals surface area (Å²) in [6.45, 7) is 4.68. The van der Waals surface area contributed by atoms with Gasteiger partial charge >= 0.3 is 0 Å². The van der Waals surface area contributed by atoms with Crippen LogP contribution in [0.25, 0.3) is 0 Å². The first-order valence-electron chi connectivity index (χ1n) is 6.20. The molecule has 2 rings (SSSR count). The Morgan fingerprint density at radius 2 is 2.00 bits per heavy atom. The topological polar surface area (TPSA) is 66.5 Å². The van der Waals surface area contributed by atoms with E-state index in [1.54, 1.807) is 0 Å². The molecule has 1 aromatic carbocycles. The van der Waals surface area contributed by atoms with Crippen molar-refractivity contribution in [1.82, 2.24) is 20.1 Å². The highest BCUT2D eigenvalue weighted by Gasteiger charge is 2.08. The van der Waals surface area contributed by atoms with Gasteiger partial charge in [-0.25, -0.2) is 0 Å². The van der Waals surface area contributed by atoms with Gasteiger partial charge in [0.1, 0.15) is 11.6 Å². The first-order chi connectivity index (χ1) is 9.11. The molecule has 5 nitrogen and oxygen atoms in total. The molecule has 19 heavy (non-hydrogen) atoms. The van der Waals surface area contributed by atoms with E-state index in [0.717, 1.165) is 17.2 Å². The Morgan fingerprint density at radius 1 is 1.32 bits per heavy atom. The molecule has 0 aliphatic heterocycles. The summed E-state index contributed by atoms with van der Waals surface area (Å²) in [6.07, 6.45) is 0. The van der Waals surface area contributed by atoms with Crippen LogP contribution in [0.3, 0.4) is 0 Å². The molecular formula is C14H17N5. The number of aromatic nitrogens is 3. The Hall–Kier alpha value is -2.19. The van der Waals surface area contributed by atoms with Gasteiger partial charge in [-0.15, -0.1) is 10.2 Å². The number of benzene rings is 1. The molecule has 2 aromatic rings. The summed E-state index contributed by atoms with van der Waals surface area (Å²) in [7, 11) is 1.96. The lowest BCUT2D eigenvalue weighted by molar-refractivity contribution is 0.547. The minimum Gasteiger partial charge on any atom is -0.317 e. The molecule has 1 unspecified atom stereocenters. The number of nitrogens with one attached hydrogen (secondary N) is 1. The molecule has 0 aliphatic rings. The van der Waals surface area contributed by atoms with Crippen LogP contribution in [-0.4, -0.2) is 14.8 Å². The summed E-state index contributed by atoms with van der Waals surface area (Å²) >= 11 is 0. The third-order valence-electron chi connectivity index (χ3n) is 3.29. The second kappa shape index (κ2) is 5.63. The van der Waals surface area contributed by atoms with E-state index >= 15 is 0 Å². The molecule has 0 fully saturated rings. The fourth-order valence-electron chi connectivity index (χ4n) is 1.81. The smallest absolute Gasteiger partial charge is 0.146 e. The SMILES string of the molecule is Cc1nnc(CNC(C)c2ccc(C#N)cc2)n1C. The van der Waals surface area contributed by atoms with Crippen LogP contribution in [0.2, 0.25) is 0 Å². The Morgan fingerprint density at radius 3 is 2.53 bits per heavy atom. The average Bonchev–Trinajstić information content (AvgIpc) is 2.76. The van der Waals surface area contributed by atoms with Gasteiger partial charge in [-0.2, -0.15) is 5.26 Å². The van der Waals surface area contributed by atoms with Crippen LogP contribution < -0.4 is 5.32 Å². The van der Waals surface area contributed by atoms with Gasteiger partial charge in [0.25, 0.3) is 0 Å². The molecule has 5 heteroatoms. The van der Waals surface area contributed by atoms with Crippen LogP contribution in [0, 0.1) is 18.3 Å². The van der Waals surface area contributed by atoms with Gasteiger partial charge < -0.3 is 9.88 Å². The van der Waals surface area contributed by atoms with Crippen LogP contribution in [0.15, 0.2) is 24.3 Å². The zero-order valence-corrected chi connectivity index (χ0v) is 11.4. The standard InChI is InChI=1S/C14H17N5/c1-10(13-6-4-12(8-15)5-7-13)16-9-14-18-17-11(2)19(14)3/h4-7,10,16H,9H2,1-3H3. The zero-order valence-electron chi connectivity index (χ0n) is 11.4. The molecule has 0 spiro atoms. The van der Waals surface area contributed by atoms with E-state index < -0.39 is 0 Å². The van der Waals surface area contributed by atoms with Crippen LogP contribution in [-0.2, 0) is 13.6 Å². The van der Waals surface area contributed by atoms with E-state index in [1.165, 1.54) is 0 Å². The molecule has 1 heterocycles. The van der Waals surface area contributed by atoms with Crippen molar-refractivity contribution in [3.05, 3.63) is 47.0 Å². The van der Waals surface area contributed by atoms with E-state index in [0.29, 0.717) is 12.1 Å². The van der Waals surface area contributed by atoms with Crippen molar-refractivity contribution in [2.24, 2.45) is 7.05 Å². The molecule has 1 atom stereocenters. The molecule has 0 aliphatic carbocycles. The second-order valence-electron chi connectivity index (χ2n) is 4.56. The number of nitriles is 1. The molecule has 0 saturated heterocycles. The third kappa shape index (κ3) is 2.98. The number of nitrogens with zero attached hydrogens (tertiary/aromatic N) is 4. The monoisotopic (exact) mass is 255 g/mol. The van der Waals surface area contributed by atoms with E-state index in [1.807, 2.05) is 42.8 Å². The number of hydrogen-bond donors (Lipinski definition) is 1. The maximum atomic E-state index is 8.77. The summed E-state index contributed by atoms with van der Waals surface area (Å²) in [6, 6.07) is 9.93. The Kier molecular flexibility index (Phi) is 3.93. The number of rotatable bonds is 4. The van der Waals surface area contributed by atoms with Gasteiger partial charge in [0.15, 0.2) is 0 Å². The lowest BCUT2D eigenvalue weighted by Crippen LogP contribution is -2.20. The summed E-state index contributed by atoms with van der Waals surface area (Å²) in [4.78, 5) is 0. The molecule has 0 bridgehead atoms. The maximum absolute atomic E-state index is 8.77. The summed E-state index contributed by atoms with van der Waals surface area (Å²) < 4.78 is 1.97. The summed E-state index contributed by atoms with van der Waals surface area (Å²) in [5, 5.41) is 20.3. The van der Waals surface area contributed by atoms with Crippen LogP contribution in [0.1, 0.15) is 35.7 Å². The van der Waals surface area contributed by atoms with Gasteiger partial charge in [0, 0.05) is 13.1 Å². The first kappa shape index (κ1) is 13.2. The van der Waals surface area contributed by atoms with Crippen molar-refractivity contribution in [1.29, 1.82) is 5.26 Å². The molecule has 0 amide bonds. The summed E-state index contributed by atoms with van der Waals surface area (Å²) in [5.74, 6) is 1.82. The van der Waals surface area contributed by atoms with Crippen molar-refractivity contribution in [2.45, 2.75) is 26.4 Å². The highest BCUT2D eigenvalue weighted by molar-refractivity contribution is 5.32. The molecule has 0 radical (unpaired) electrons. The second-order valence-corrected chi connectivity index (χ2v) is 4.56. The lowest BCUT2D eigenvalue weighted by Gasteiger charge is -2.14. The maximum Gasteiger partial charge on any atom is 0.146 e. The summed E-state index contributed by atoms with van der Waals surface area (Å²) in [5.41, 5.74) is 1.83. The van der Waals surface area contributed by atoms with Crippen LogP contribution >= 0.6 is 0 Å². The minimum absolute atomic E-state index is 0.199. The van der Waals surface area contributed by atoms with Crippen molar-refractivity contribution in [3.63, 3.8) is 0 Å². The van der Waals surface area contributed by atoms with E-state index in [4.69, 9.17) is 5.26 Å². The van der Waals surface area contributed by atoms with Gasteiger partial charge in [-0.1, -0.05) is 12.1 Å². The quantitative estimate of drug-likeness (QED) is 0.905. The van der Waals surface area contributed by atoms with E-state index in [-0.39, 0.29) is 6.04 Å². The first-order valence-corrected chi connectivity index (χ1v) is 6.20. The fraction of sp³-hybridized carbons (Fsp3) is 0.357. The van der Waals surface area contributed by atoms with Gasteiger partial charge in [0.2, 0.25) is 0 Å². The van der Waals surface area contributed by atoms with Crippen molar-refractivity contribution < 1.29 is 0 Å².